The molecule has 3 aromatic rings. The van der Waals surface area contributed by atoms with Crippen molar-refractivity contribution in [1.29, 1.82) is 0 Å². The van der Waals surface area contributed by atoms with Crippen molar-refractivity contribution in [3.05, 3.63) is 75.3 Å². The SMILES string of the molecule is CC(=O)OCC1=C(C(=O)O)N2C(=O)[C@@H](NC(=O)C(NC(=O)c3cc4cc(O)c(O)cc4oc3=O)c3ccc(OCC(=O)O)cc3)[C@H]2SC1. The predicted octanol–water partition coefficient (Wildman–Crippen LogP) is 0.440. The maximum absolute atomic E-state index is 13.7. The van der Waals surface area contributed by atoms with Crippen LogP contribution < -0.4 is 21.0 Å². The van der Waals surface area contributed by atoms with E-state index in [0.29, 0.717) is 0 Å². The van der Waals surface area contributed by atoms with Gasteiger partial charge in [0.25, 0.3) is 11.8 Å². The number of carboxylic acid groups (broad SMARTS) is 2. The number of carbonyl (C=O) groups excluding carboxylic acids is 4. The van der Waals surface area contributed by atoms with Crippen molar-refractivity contribution in [2.75, 3.05) is 19.0 Å². The summed E-state index contributed by atoms with van der Waals surface area (Å²) in [4.78, 5) is 88.1. The number of amides is 3. The first-order chi connectivity index (χ1) is 22.7. The molecular weight excluding hydrogens is 658 g/mol. The maximum atomic E-state index is 13.7. The summed E-state index contributed by atoms with van der Waals surface area (Å²) < 4.78 is 15.1. The average Bonchev–Trinajstić information content (AvgIpc) is 3.04. The van der Waals surface area contributed by atoms with Gasteiger partial charge in [-0.05, 0) is 29.8 Å². The Balaban J connectivity index is 1.41. The van der Waals surface area contributed by atoms with Crippen LogP contribution in [0, 0.1) is 0 Å². The van der Waals surface area contributed by atoms with E-state index >= 15 is 0 Å². The smallest absolute Gasteiger partial charge is 0.352 e. The predicted molar refractivity (Wildman–Crippen MR) is 162 cm³/mol. The van der Waals surface area contributed by atoms with Crippen LogP contribution in [0.3, 0.4) is 0 Å². The first-order valence-electron chi connectivity index (χ1n) is 13.8. The first kappa shape index (κ1) is 33.3. The fourth-order valence-corrected chi connectivity index (χ4v) is 6.26. The molecule has 17 nitrogen and oxygen atoms in total. The Morgan fingerprint density at radius 3 is 2.38 bits per heavy atom. The fraction of sp³-hybridized carbons (Fsp3) is 0.233. The molecule has 0 radical (unpaired) electrons. The lowest BCUT2D eigenvalue weighted by molar-refractivity contribution is -0.151. The van der Waals surface area contributed by atoms with Gasteiger partial charge in [0, 0.05) is 29.7 Å². The summed E-state index contributed by atoms with van der Waals surface area (Å²) in [6, 6.07) is 5.63. The Bertz CT molecular complexity index is 1950. The Morgan fingerprint density at radius 1 is 1.04 bits per heavy atom. The highest BCUT2D eigenvalue weighted by molar-refractivity contribution is 8.00. The molecule has 3 atom stereocenters. The molecule has 48 heavy (non-hydrogen) atoms. The number of β-lactam (4-membered cyclic amide) rings is 1. The van der Waals surface area contributed by atoms with Gasteiger partial charge in [0.2, 0.25) is 5.91 Å². The average molecular weight is 684 g/mol. The number of carbonyl (C=O) groups is 6. The van der Waals surface area contributed by atoms with Gasteiger partial charge in [-0.2, -0.15) is 0 Å². The Hall–Kier alpha value is -6.04. The lowest BCUT2D eigenvalue weighted by atomic mass is 10.0. The summed E-state index contributed by atoms with van der Waals surface area (Å²) in [5.74, 6) is -7.05. The van der Waals surface area contributed by atoms with Crippen LogP contribution in [0.5, 0.6) is 17.2 Å². The lowest BCUT2D eigenvalue weighted by Crippen LogP contribution is -2.71. The number of esters is 1. The molecule has 3 amide bonds. The van der Waals surface area contributed by atoms with E-state index in [1.54, 1.807) is 0 Å². The van der Waals surface area contributed by atoms with Gasteiger partial charge in [-0.15, -0.1) is 11.8 Å². The number of thioether (sulfide) groups is 1. The van der Waals surface area contributed by atoms with Gasteiger partial charge >= 0.3 is 23.5 Å². The number of fused-ring (bicyclic) bond motifs is 2. The topological polar surface area (TPSA) is 259 Å². The van der Waals surface area contributed by atoms with Crippen molar-refractivity contribution in [3.63, 3.8) is 0 Å². The minimum atomic E-state index is -1.57. The number of nitrogens with one attached hydrogen (secondary N) is 2. The Morgan fingerprint density at radius 2 is 1.73 bits per heavy atom. The molecule has 1 unspecified atom stereocenters. The van der Waals surface area contributed by atoms with Crippen LogP contribution in [0.2, 0.25) is 0 Å². The van der Waals surface area contributed by atoms with Crippen molar-refractivity contribution in [3.8, 4) is 17.2 Å². The zero-order chi connectivity index (χ0) is 34.9. The monoisotopic (exact) mass is 683 g/mol. The Kier molecular flexibility index (Phi) is 9.28. The zero-order valence-electron chi connectivity index (χ0n) is 24.6. The van der Waals surface area contributed by atoms with Crippen LogP contribution in [0.15, 0.2) is 62.9 Å². The second-order valence-electron chi connectivity index (χ2n) is 10.4. The van der Waals surface area contributed by atoms with Gasteiger partial charge in [0.1, 0.15) is 46.7 Å². The van der Waals surface area contributed by atoms with Gasteiger partial charge in [-0.25, -0.2) is 14.4 Å². The van der Waals surface area contributed by atoms with E-state index in [2.05, 4.69) is 10.6 Å². The zero-order valence-corrected chi connectivity index (χ0v) is 25.4. The van der Waals surface area contributed by atoms with Crippen molar-refractivity contribution in [2.24, 2.45) is 0 Å². The summed E-state index contributed by atoms with van der Waals surface area (Å²) in [5, 5.41) is 42.4. The third-order valence-corrected chi connectivity index (χ3v) is 8.52. The fourth-order valence-electron chi connectivity index (χ4n) is 4.93. The number of hydrogen-bond acceptors (Lipinski definition) is 13. The van der Waals surface area contributed by atoms with Gasteiger partial charge < -0.3 is 45.0 Å². The van der Waals surface area contributed by atoms with Crippen molar-refractivity contribution >= 4 is 58.4 Å². The number of aromatic hydroxyl groups is 2. The number of rotatable bonds is 11. The van der Waals surface area contributed by atoms with Crippen LogP contribution in [-0.4, -0.2) is 91.3 Å². The molecule has 18 heteroatoms. The second kappa shape index (κ2) is 13.4. The van der Waals surface area contributed by atoms with Crippen molar-refractivity contribution < 1.29 is 63.1 Å². The molecule has 0 aliphatic carbocycles. The summed E-state index contributed by atoms with van der Waals surface area (Å²) in [6.07, 6.45) is 0. The standard InChI is InChI=1S/C30H25N3O14S/c1-12(34)45-9-15-11-48-28-23(27(41)33(28)24(15)29(42)43)32-26(40)22(13-2-4-16(5-3-13)46-10-21(37)38)31-25(39)17-6-14-7-18(35)19(36)8-20(14)47-30(17)44/h2-8,22-23,28,35-36H,9-11H2,1H3,(H,31,39)(H,32,40)(H,37,38)(H,42,43)/t22?,23-,28-/m1/s1. The molecular formula is C30H25N3O14S. The summed E-state index contributed by atoms with van der Waals surface area (Å²) in [5.41, 5.74) is -1.92. The van der Waals surface area contributed by atoms with Crippen LogP contribution in [0.4, 0.5) is 0 Å². The largest absolute Gasteiger partial charge is 0.504 e. The number of aliphatic carboxylic acids is 2. The number of ether oxygens (including phenoxy) is 2. The molecule has 250 valence electrons. The first-order valence-corrected chi connectivity index (χ1v) is 14.9. The van der Waals surface area contributed by atoms with E-state index in [-0.39, 0.29) is 45.9 Å². The minimum absolute atomic E-state index is 0.0682. The van der Waals surface area contributed by atoms with E-state index in [4.69, 9.17) is 19.0 Å². The second-order valence-corrected chi connectivity index (χ2v) is 11.5. The number of nitrogens with zero attached hydrogens (tertiary/aromatic N) is 1. The van der Waals surface area contributed by atoms with E-state index in [9.17, 15) is 48.9 Å². The number of phenolic OH excluding ortho intramolecular Hbond substituents is 2. The number of benzene rings is 2. The van der Waals surface area contributed by atoms with Gasteiger partial charge in [-0.1, -0.05) is 12.1 Å². The van der Waals surface area contributed by atoms with Gasteiger partial charge in [-0.3, -0.25) is 24.1 Å². The molecule has 2 aromatic carbocycles. The maximum Gasteiger partial charge on any atom is 0.352 e. The highest BCUT2D eigenvalue weighted by Crippen LogP contribution is 2.40. The molecule has 2 aliphatic heterocycles. The lowest BCUT2D eigenvalue weighted by Gasteiger charge is -2.49. The molecule has 1 aromatic heterocycles. The molecule has 5 rings (SSSR count). The molecule has 3 heterocycles. The number of hydrogen-bond donors (Lipinski definition) is 6. The van der Waals surface area contributed by atoms with Crippen LogP contribution in [0.25, 0.3) is 11.0 Å². The minimum Gasteiger partial charge on any atom is -0.504 e. The molecule has 0 bridgehead atoms. The Labute approximate surface area is 272 Å². The molecule has 0 saturated carbocycles. The van der Waals surface area contributed by atoms with Crippen LogP contribution in [-0.2, 0) is 28.7 Å². The molecule has 1 fully saturated rings. The third-order valence-electron chi connectivity index (χ3n) is 7.18. The summed E-state index contributed by atoms with van der Waals surface area (Å²) in [7, 11) is 0. The van der Waals surface area contributed by atoms with E-state index in [1.165, 1.54) is 24.3 Å². The highest BCUT2D eigenvalue weighted by Gasteiger charge is 2.54. The molecule has 6 N–H and O–H groups in total. The van der Waals surface area contributed by atoms with E-state index < -0.39 is 82.4 Å². The van der Waals surface area contributed by atoms with E-state index in [1.807, 2.05) is 0 Å². The molecule has 0 spiro atoms. The van der Waals surface area contributed by atoms with Gasteiger partial charge in [0.05, 0.1) is 0 Å². The summed E-state index contributed by atoms with van der Waals surface area (Å²) >= 11 is 1.12. The number of carboxylic acids is 2. The van der Waals surface area contributed by atoms with Crippen molar-refractivity contribution in [2.45, 2.75) is 24.4 Å². The van der Waals surface area contributed by atoms with Crippen molar-refractivity contribution in [1.82, 2.24) is 15.5 Å². The molecule has 2 aliphatic rings. The highest BCUT2D eigenvalue weighted by atomic mass is 32.2. The molecule has 1 saturated heterocycles. The van der Waals surface area contributed by atoms with Gasteiger partial charge in [0.15, 0.2) is 18.1 Å². The summed E-state index contributed by atoms with van der Waals surface area (Å²) in [6.45, 7) is 0.149. The number of phenols is 2. The van der Waals surface area contributed by atoms with Crippen LogP contribution in [0.1, 0.15) is 28.9 Å². The quantitative estimate of drug-likeness (QED) is 0.0693. The third kappa shape index (κ3) is 6.73. The van der Waals surface area contributed by atoms with E-state index in [0.717, 1.165) is 41.8 Å². The normalized spacial score (nSPS) is 17.5. The van der Waals surface area contributed by atoms with Crippen LogP contribution >= 0.6 is 11.8 Å².